The van der Waals surface area contributed by atoms with Gasteiger partial charge in [0.25, 0.3) is 10.0 Å². The Morgan fingerprint density at radius 3 is 2.23 bits per heavy atom. The third-order valence-corrected chi connectivity index (χ3v) is 8.21. The van der Waals surface area contributed by atoms with Crippen LogP contribution < -0.4 is 14.4 Å². The number of nitrogens with zero attached hydrogens (tertiary/aromatic N) is 2. The molecule has 0 aromatic heterocycles. The topological polar surface area (TPSA) is 96.0 Å². The second-order valence-electron chi connectivity index (χ2n) is 9.32. The van der Waals surface area contributed by atoms with Crippen molar-refractivity contribution in [2.45, 2.75) is 51.1 Å². The average Bonchev–Trinajstić information content (AvgIpc) is 2.95. The highest BCUT2D eigenvalue weighted by atomic mass is 32.2. The van der Waals surface area contributed by atoms with Gasteiger partial charge in [0.05, 0.1) is 17.7 Å². The molecule has 0 fully saturated rings. The predicted octanol–water partition coefficient (Wildman–Crippen LogP) is 4.53. The minimum absolute atomic E-state index is 0.0409. The average molecular weight is 552 g/mol. The second-order valence-corrected chi connectivity index (χ2v) is 11.2. The molecule has 0 bridgehead atoms. The van der Waals surface area contributed by atoms with Gasteiger partial charge in [0, 0.05) is 13.1 Å². The summed E-state index contributed by atoms with van der Waals surface area (Å²) in [4.78, 5) is 28.4. The zero-order valence-electron chi connectivity index (χ0n) is 23.0. The molecule has 0 aliphatic rings. The van der Waals surface area contributed by atoms with E-state index in [1.54, 1.807) is 49.4 Å². The maximum Gasteiger partial charge on any atom is 0.264 e. The molecule has 1 N–H and O–H groups in total. The number of methoxy groups -OCH3 is 1. The molecule has 208 valence electrons. The summed E-state index contributed by atoms with van der Waals surface area (Å²) in [7, 11) is -2.71. The zero-order valence-corrected chi connectivity index (χ0v) is 23.8. The number of carbonyl (C=O) groups excluding carboxylic acids is 2. The minimum Gasteiger partial charge on any atom is -0.495 e. The highest BCUT2D eigenvalue weighted by Gasteiger charge is 2.33. The summed E-state index contributed by atoms with van der Waals surface area (Å²) in [5.74, 6) is -0.502. The van der Waals surface area contributed by atoms with Crippen LogP contribution in [0, 0.1) is 6.92 Å². The molecule has 0 aliphatic carbocycles. The molecule has 0 saturated heterocycles. The van der Waals surface area contributed by atoms with E-state index in [2.05, 4.69) is 5.32 Å². The van der Waals surface area contributed by atoms with Crippen molar-refractivity contribution in [1.29, 1.82) is 0 Å². The molecule has 0 aliphatic heterocycles. The lowest BCUT2D eigenvalue weighted by molar-refractivity contribution is -0.139. The van der Waals surface area contributed by atoms with E-state index in [1.165, 1.54) is 24.1 Å². The maximum absolute atomic E-state index is 14.0. The van der Waals surface area contributed by atoms with Crippen molar-refractivity contribution in [3.63, 3.8) is 0 Å². The number of hydrogen-bond donors (Lipinski definition) is 1. The van der Waals surface area contributed by atoms with Crippen LogP contribution in [0.25, 0.3) is 0 Å². The first-order valence-corrected chi connectivity index (χ1v) is 14.5. The van der Waals surface area contributed by atoms with Crippen molar-refractivity contribution in [3.05, 3.63) is 90.0 Å². The Balaban J connectivity index is 2.02. The van der Waals surface area contributed by atoms with E-state index in [4.69, 9.17) is 4.74 Å². The van der Waals surface area contributed by atoms with Gasteiger partial charge in [0.1, 0.15) is 18.3 Å². The van der Waals surface area contributed by atoms with Gasteiger partial charge in [0.2, 0.25) is 11.8 Å². The molecule has 0 radical (unpaired) electrons. The van der Waals surface area contributed by atoms with Crippen LogP contribution in [0.15, 0.2) is 83.8 Å². The molecule has 3 aromatic rings. The van der Waals surface area contributed by atoms with Gasteiger partial charge in [0.15, 0.2) is 0 Å². The molecule has 3 aromatic carbocycles. The number of sulfonamides is 1. The van der Waals surface area contributed by atoms with Gasteiger partial charge in [-0.3, -0.25) is 13.9 Å². The highest BCUT2D eigenvalue weighted by molar-refractivity contribution is 7.92. The maximum atomic E-state index is 14.0. The number of para-hydroxylation sites is 2. The first-order valence-electron chi connectivity index (χ1n) is 13.0. The summed E-state index contributed by atoms with van der Waals surface area (Å²) < 4.78 is 34.2. The fourth-order valence-electron chi connectivity index (χ4n) is 4.08. The standard InChI is InChI=1S/C30H37N3O5S/c1-5-6-20-31-30(35)24(3)32(21-25-18-16-23(2)17-19-25)29(34)22-33(27-14-10-11-15-28(27)38-4)39(36,37)26-12-8-7-9-13-26/h7-19,24H,5-6,20-22H2,1-4H3,(H,31,35)/t24-/m0/s1. The number of carbonyl (C=O) groups is 2. The van der Waals surface area contributed by atoms with Crippen LogP contribution >= 0.6 is 0 Å². The molecule has 0 heterocycles. The van der Waals surface area contributed by atoms with Crippen molar-refractivity contribution >= 4 is 27.5 Å². The number of anilines is 1. The fraction of sp³-hybridized carbons (Fsp3) is 0.333. The minimum atomic E-state index is -4.15. The number of ether oxygens (including phenoxy) is 1. The highest BCUT2D eigenvalue weighted by Crippen LogP contribution is 2.32. The van der Waals surface area contributed by atoms with Gasteiger partial charge < -0.3 is 15.0 Å². The first kappa shape index (κ1) is 29.7. The number of amides is 2. The molecule has 3 rings (SSSR count). The summed E-state index contributed by atoms with van der Waals surface area (Å²) in [6.45, 7) is 5.79. The van der Waals surface area contributed by atoms with Crippen molar-refractivity contribution in [1.82, 2.24) is 10.2 Å². The summed E-state index contributed by atoms with van der Waals surface area (Å²) in [6.07, 6.45) is 1.74. The van der Waals surface area contributed by atoms with Crippen molar-refractivity contribution in [2.75, 3.05) is 24.5 Å². The van der Waals surface area contributed by atoms with Crippen LogP contribution in [-0.4, -0.2) is 51.4 Å². The van der Waals surface area contributed by atoms with E-state index in [-0.39, 0.29) is 23.0 Å². The lowest BCUT2D eigenvalue weighted by atomic mass is 10.1. The number of aryl methyl sites for hydroxylation is 1. The molecule has 1 atom stereocenters. The summed E-state index contributed by atoms with van der Waals surface area (Å²) >= 11 is 0. The Labute approximate surface area is 231 Å². The molecule has 8 nitrogen and oxygen atoms in total. The van der Waals surface area contributed by atoms with Gasteiger partial charge in [-0.2, -0.15) is 0 Å². The molecule has 0 unspecified atom stereocenters. The van der Waals surface area contributed by atoms with Crippen LogP contribution in [0.1, 0.15) is 37.8 Å². The van der Waals surface area contributed by atoms with Gasteiger partial charge in [-0.1, -0.05) is 73.5 Å². The normalized spacial score (nSPS) is 11.9. The van der Waals surface area contributed by atoms with Crippen LogP contribution in [0.4, 0.5) is 5.69 Å². The Morgan fingerprint density at radius 2 is 1.59 bits per heavy atom. The molecular weight excluding hydrogens is 514 g/mol. The number of rotatable bonds is 13. The number of unbranched alkanes of at least 4 members (excludes halogenated alkanes) is 1. The molecular formula is C30H37N3O5S. The molecule has 0 spiro atoms. The molecule has 9 heteroatoms. The van der Waals surface area contributed by atoms with Crippen molar-refractivity contribution in [2.24, 2.45) is 0 Å². The Bertz CT molecular complexity index is 1340. The molecule has 39 heavy (non-hydrogen) atoms. The van der Waals surface area contributed by atoms with Crippen molar-refractivity contribution < 1.29 is 22.7 Å². The Morgan fingerprint density at radius 1 is 0.949 bits per heavy atom. The lowest BCUT2D eigenvalue weighted by Crippen LogP contribution is -2.51. The fourth-order valence-corrected chi connectivity index (χ4v) is 5.52. The van der Waals surface area contributed by atoms with Crippen LogP contribution in [0.3, 0.4) is 0 Å². The Hall–Kier alpha value is -3.85. The smallest absolute Gasteiger partial charge is 0.264 e. The summed E-state index contributed by atoms with van der Waals surface area (Å²) in [6, 6.07) is 21.4. The molecule has 0 saturated carbocycles. The van der Waals surface area contributed by atoms with Gasteiger partial charge in [-0.05, 0) is 50.1 Å². The van der Waals surface area contributed by atoms with E-state index in [9.17, 15) is 18.0 Å². The van der Waals surface area contributed by atoms with Crippen LogP contribution in [0.2, 0.25) is 0 Å². The summed E-state index contributed by atoms with van der Waals surface area (Å²) in [5.41, 5.74) is 2.13. The largest absolute Gasteiger partial charge is 0.495 e. The zero-order chi connectivity index (χ0) is 28.4. The monoisotopic (exact) mass is 551 g/mol. The summed E-state index contributed by atoms with van der Waals surface area (Å²) in [5, 5.41) is 2.89. The number of benzene rings is 3. The Kier molecular flexibility index (Phi) is 10.5. The number of hydrogen-bond acceptors (Lipinski definition) is 5. The second kappa shape index (κ2) is 13.8. The third kappa shape index (κ3) is 7.60. The van der Waals surface area contributed by atoms with Crippen LogP contribution in [0.5, 0.6) is 5.75 Å². The van der Waals surface area contributed by atoms with Crippen LogP contribution in [-0.2, 0) is 26.2 Å². The van der Waals surface area contributed by atoms with E-state index in [1.807, 2.05) is 38.1 Å². The molecule has 2 amide bonds. The van der Waals surface area contributed by atoms with Gasteiger partial charge in [-0.15, -0.1) is 0 Å². The SMILES string of the molecule is CCCCNC(=O)[C@H](C)N(Cc1ccc(C)cc1)C(=O)CN(c1ccccc1OC)S(=O)(=O)c1ccccc1. The van der Waals surface area contributed by atoms with E-state index < -0.39 is 28.5 Å². The van der Waals surface area contributed by atoms with Gasteiger partial charge >= 0.3 is 0 Å². The van der Waals surface area contributed by atoms with E-state index >= 15 is 0 Å². The first-order chi connectivity index (χ1) is 18.7. The predicted molar refractivity (Wildman–Crippen MR) is 153 cm³/mol. The quantitative estimate of drug-likeness (QED) is 0.315. The van der Waals surface area contributed by atoms with Gasteiger partial charge in [-0.25, -0.2) is 8.42 Å². The third-order valence-electron chi connectivity index (χ3n) is 6.43. The lowest BCUT2D eigenvalue weighted by Gasteiger charge is -2.32. The van der Waals surface area contributed by atoms with Crippen molar-refractivity contribution in [3.8, 4) is 5.75 Å². The van der Waals surface area contributed by atoms with E-state index in [0.717, 1.165) is 28.3 Å². The number of nitrogens with one attached hydrogen (secondary N) is 1. The van der Waals surface area contributed by atoms with E-state index in [0.29, 0.717) is 12.3 Å².